The first-order valence-corrected chi connectivity index (χ1v) is 13.4. The molecule has 3 unspecified atom stereocenters. The van der Waals surface area contributed by atoms with E-state index in [-0.39, 0.29) is 37.6 Å². The predicted octanol–water partition coefficient (Wildman–Crippen LogP) is 4.99. The lowest BCUT2D eigenvalue weighted by atomic mass is 10.0. The Kier molecular flexibility index (Phi) is 8.44. The van der Waals surface area contributed by atoms with Gasteiger partial charge in [0.25, 0.3) is 0 Å². The molecule has 2 saturated heterocycles. The second-order valence-electron chi connectivity index (χ2n) is 10.4. The number of carbonyl (C=O) groups excluding carboxylic acids is 1. The van der Waals surface area contributed by atoms with Gasteiger partial charge in [-0.1, -0.05) is 45.2 Å². The van der Waals surface area contributed by atoms with E-state index in [2.05, 4.69) is 57.5 Å². The van der Waals surface area contributed by atoms with E-state index in [1.165, 1.54) is 5.70 Å². The molecule has 5 rings (SSSR count). The maximum absolute atomic E-state index is 13.2. The number of benzene rings is 1. The van der Waals surface area contributed by atoms with Gasteiger partial charge in [0.1, 0.15) is 11.8 Å². The van der Waals surface area contributed by atoms with Crippen LogP contribution in [0.5, 0.6) is 0 Å². The number of allylic oxidation sites excluding steroid dienone is 2. The molecule has 1 N–H and O–H groups in total. The molecular weight excluding hydrogens is 550 g/mol. The smallest absolute Gasteiger partial charge is 0.410 e. The van der Waals surface area contributed by atoms with Crippen LogP contribution in [0.25, 0.3) is 37.0 Å². The predicted molar refractivity (Wildman–Crippen MR) is 152 cm³/mol. The van der Waals surface area contributed by atoms with E-state index >= 15 is 0 Å². The van der Waals surface area contributed by atoms with Crippen molar-refractivity contribution in [2.75, 3.05) is 52.4 Å². The number of hydrogen-bond donors (Lipinski definition) is 1. The lowest BCUT2D eigenvalue weighted by Crippen LogP contribution is -2.47. The van der Waals surface area contributed by atoms with Gasteiger partial charge in [-0.15, -0.1) is 0 Å². The first-order chi connectivity index (χ1) is 19.9. The van der Waals surface area contributed by atoms with Crippen LogP contribution in [0.1, 0.15) is 5.56 Å². The van der Waals surface area contributed by atoms with Gasteiger partial charge in [-0.3, -0.25) is 4.90 Å². The number of nitrogens with zero attached hydrogens (tertiary/aromatic N) is 12. The Labute approximate surface area is 240 Å². The van der Waals surface area contributed by atoms with Gasteiger partial charge in [-0.25, -0.2) is 4.79 Å². The topological polar surface area (TPSA) is 194 Å². The van der Waals surface area contributed by atoms with E-state index in [1.807, 2.05) is 36.4 Å². The fourth-order valence-electron chi connectivity index (χ4n) is 5.82. The molecule has 4 aliphatic rings. The van der Waals surface area contributed by atoms with Crippen LogP contribution in [-0.4, -0.2) is 84.9 Å². The third-order valence-corrected chi connectivity index (χ3v) is 7.99. The molecule has 16 heteroatoms. The highest BCUT2D eigenvalue weighted by atomic mass is 35.5. The Bertz CT molecular complexity index is 1340. The second-order valence-corrected chi connectivity index (χ2v) is 10.8. The molecule has 1 amide bonds. The molecule has 1 aromatic carbocycles. The molecule has 41 heavy (non-hydrogen) atoms. The van der Waals surface area contributed by atoms with Crippen molar-refractivity contribution in [3.8, 4) is 0 Å². The van der Waals surface area contributed by atoms with Crippen molar-refractivity contribution in [3.63, 3.8) is 0 Å². The monoisotopic (exact) mass is 577 g/mol. The van der Waals surface area contributed by atoms with Crippen molar-refractivity contribution in [2.45, 2.75) is 11.8 Å². The number of azide groups is 3. The van der Waals surface area contributed by atoms with Crippen molar-refractivity contribution in [3.05, 3.63) is 96.3 Å². The molecule has 0 spiro atoms. The number of likely N-dealkylation sites (tertiary alicyclic amines) is 2. The molecule has 212 valence electrons. The summed E-state index contributed by atoms with van der Waals surface area (Å²) in [7, 11) is 0. The summed E-state index contributed by atoms with van der Waals surface area (Å²) >= 11 is 6.13. The van der Waals surface area contributed by atoms with Crippen molar-refractivity contribution in [1.29, 1.82) is 0 Å². The van der Waals surface area contributed by atoms with Crippen LogP contribution in [0.4, 0.5) is 4.79 Å². The van der Waals surface area contributed by atoms with Gasteiger partial charge < -0.3 is 19.9 Å². The normalized spacial score (nSPS) is 24.0. The van der Waals surface area contributed by atoms with Crippen molar-refractivity contribution in [1.82, 2.24) is 20.0 Å². The standard InChI is InChI=1S/C25H28ClN13O2/c26-20-6-4-17(5-7-20)23-21(39-8-2-1-3-22(39)33-23)13-37-9-18-11-38(12-19(18)10-37)24(40)41-25(14-30-34-27,15-31-35-28)16-32-36-29/h1-8,18-19,22,33H,9-16H2. The second kappa shape index (κ2) is 12.3. The molecule has 0 aliphatic carbocycles. The van der Waals surface area contributed by atoms with Crippen LogP contribution in [-0.2, 0) is 4.74 Å². The number of nitrogens with one attached hydrogen (secondary N) is 1. The Morgan fingerprint density at radius 2 is 1.59 bits per heavy atom. The zero-order valence-electron chi connectivity index (χ0n) is 22.1. The van der Waals surface area contributed by atoms with E-state index in [0.717, 1.165) is 30.9 Å². The minimum atomic E-state index is -1.56. The molecule has 4 aliphatic heterocycles. The molecule has 0 radical (unpaired) electrons. The average molecular weight is 578 g/mol. The highest BCUT2D eigenvalue weighted by Crippen LogP contribution is 2.36. The van der Waals surface area contributed by atoms with E-state index < -0.39 is 11.7 Å². The van der Waals surface area contributed by atoms with Gasteiger partial charge in [0.2, 0.25) is 0 Å². The molecular formula is C25H28ClN13O2. The SMILES string of the molecule is [N-]=[N+]=NCC(CN=[N+]=[N-])(CN=[N+]=[N-])OC(=O)N1CC2CN(CC3=C(c4ccc(Cl)cc4)NC4C=CC=CN34)CC2C1. The highest BCUT2D eigenvalue weighted by Gasteiger charge is 2.45. The number of fused-ring (bicyclic) bond motifs is 2. The third kappa shape index (κ3) is 6.14. The van der Waals surface area contributed by atoms with Crippen molar-refractivity contribution in [2.24, 2.45) is 27.2 Å². The molecule has 3 atom stereocenters. The third-order valence-electron chi connectivity index (χ3n) is 7.74. The fraction of sp³-hybridized carbons (Fsp3) is 0.480. The van der Waals surface area contributed by atoms with E-state index in [4.69, 9.17) is 32.9 Å². The summed E-state index contributed by atoms with van der Waals surface area (Å²) in [6, 6.07) is 7.82. The average Bonchev–Trinajstić information content (AvgIpc) is 3.66. The largest absolute Gasteiger partial charge is 0.442 e. The molecule has 0 saturated carbocycles. The fourth-order valence-corrected chi connectivity index (χ4v) is 5.94. The van der Waals surface area contributed by atoms with Gasteiger partial charge in [0.15, 0.2) is 0 Å². The summed E-state index contributed by atoms with van der Waals surface area (Å²) in [5.41, 5.74) is 28.1. The summed E-state index contributed by atoms with van der Waals surface area (Å²) in [5, 5.41) is 14.8. The highest BCUT2D eigenvalue weighted by molar-refractivity contribution is 6.30. The van der Waals surface area contributed by atoms with Gasteiger partial charge >= 0.3 is 6.09 Å². The number of carbonyl (C=O) groups is 1. The summed E-state index contributed by atoms with van der Waals surface area (Å²) < 4.78 is 5.69. The van der Waals surface area contributed by atoms with E-state index in [9.17, 15) is 4.79 Å². The number of rotatable bonds is 10. The first-order valence-electron chi connectivity index (χ1n) is 13.1. The van der Waals surface area contributed by atoms with Crippen LogP contribution >= 0.6 is 11.6 Å². The zero-order chi connectivity index (χ0) is 28.8. The molecule has 1 aromatic rings. The first kappa shape index (κ1) is 28.0. The Balaban J connectivity index is 1.25. The Morgan fingerprint density at radius 3 is 2.17 bits per heavy atom. The number of amides is 1. The van der Waals surface area contributed by atoms with Crippen LogP contribution in [0.3, 0.4) is 0 Å². The van der Waals surface area contributed by atoms with Crippen LogP contribution in [0.2, 0.25) is 5.02 Å². The molecule has 15 nitrogen and oxygen atoms in total. The quantitative estimate of drug-likeness (QED) is 0.232. The van der Waals surface area contributed by atoms with Gasteiger partial charge in [0, 0.05) is 58.7 Å². The van der Waals surface area contributed by atoms with Crippen molar-refractivity contribution >= 4 is 23.4 Å². The summed E-state index contributed by atoms with van der Waals surface area (Å²) in [6.45, 7) is 2.36. The Morgan fingerprint density at radius 1 is 0.976 bits per heavy atom. The molecule has 0 bridgehead atoms. The minimum absolute atomic E-state index is 0.0504. The van der Waals surface area contributed by atoms with Crippen LogP contribution in [0.15, 0.2) is 69.7 Å². The maximum Gasteiger partial charge on any atom is 0.410 e. The molecule has 2 fully saturated rings. The zero-order valence-corrected chi connectivity index (χ0v) is 22.8. The number of halogens is 1. The van der Waals surface area contributed by atoms with Crippen molar-refractivity contribution < 1.29 is 9.53 Å². The molecule has 0 aromatic heterocycles. The minimum Gasteiger partial charge on any atom is -0.442 e. The van der Waals surface area contributed by atoms with Gasteiger partial charge in [-0.2, -0.15) is 0 Å². The lowest BCUT2D eigenvalue weighted by molar-refractivity contribution is 0.00909. The van der Waals surface area contributed by atoms with E-state index in [0.29, 0.717) is 18.1 Å². The van der Waals surface area contributed by atoms with Crippen LogP contribution < -0.4 is 5.32 Å². The number of ether oxygens (including phenoxy) is 1. The molecule has 4 heterocycles. The van der Waals surface area contributed by atoms with Gasteiger partial charge in [-0.05, 0) is 58.3 Å². The summed E-state index contributed by atoms with van der Waals surface area (Å²) in [4.78, 5) is 27.6. The van der Waals surface area contributed by atoms with Gasteiger partial charge in [0.05, 0.1) is 31.0 Å². The van der Waals surface area contributed by atoms with Crippen LogP contribution in [0, 0.1) is 11.8 Å². The number of hydrogen-bond acceptors (Lipinski definition) is 8. The Hall–Kier alpha value is -4.51. The lowest BCUT2D eigenvalue weighted by Gasteiger charge is -2.32. The van der Waals surface area contributed by atoms with E-state index in [1.54, 1.807) is 4.90 Å². The summed E-state index contributed by atoms with van der Waals surface area (Å²) in [6.07, 6.45) is 7.69. The maximum atomic E-state index is 13.2. The summed E-state index contributed by atoms with van der Waals surface area (Å²) in [5.74, 6) is 0.509.